The number of amides is 3. The quantitative estimate of drug-likeness (QED) is 0.557. The molecule has 0 saturated carbocycles. The second kappa shape index (κ2) is 10.8. The molecule has 0 radical (unpaired) electrons. The number of rotatable bonds is 7. The van der Waals surface area contributed by atoms with Gasteiger partial charge in [0.25, 0.3) is 0 Å². The monoisotopic (exact) mass is 446 g/mol. The van der Waals surface area contributed by atoms with Gasteiger partial charge >= 0.3 is 6.03 Å². The Balaban J connectivity index is 1.25. The fourth-order valence-corrected chi connectivity index (χ4v) is 4.33. The first-order chi connectivity index (χ1) is 16.1. The lowest BCUT2D eigenvalue weighted by Crippen LogP contribution is -2.46. The van der Waals surface area contributed by atoms with Gasteiger partial charge in [-0.2, -0.15) is 0 Å². The number of benzene rings is 2. The van der Waals surface area contributed by atoms with E-state index in [1.807, 2.05) is 36.4 Å². The molecule has 0 spiro atoms. The predicted octanol–water partition coefficient (Wildman–Crippen LogP) is 4.57. The van der Waals surface area contributed by atoms with E-state index in [1.54, 1.807) is 17.9 Å². The van der Waals surface area contributed by atoms with Crippen LogP contribution in [-0.4, -0.2) is 41.6 Å². The third kappa shape index (κ3) is 6.00. The predicted molar refractivity (Wildman–Crippen MR) is 127 cm³/mol. The van der Waals surface area contributed by atoms with Gasteiger partial charge in [-0.3, -0.25) is 4.79 Å². The zero-order valence-corrected chi connectivity index (χ0v) is 18.9. The molecule has 7 heteroatoms. The van der Waals surface area contributed by atoms with Crippen LogP contribution in [0.1, 0.15) is 42.1 Å². The molecule has 3 amide bonds. The maximum absolute atomic E-state index is 12.7. The van der Waals surface area contributed by atoms with Crippen molar-refractivity contribution in [3.05, 3.63) is 83.6 Å². The molecule has 33 heavy (non-hydrogen) atoms. The molecule has 3 aromatic rings. The highest BCUT2D eigenvalue weighted by atomic mass is 16.5. The van der Waals surface area contributed by atoms with Gasteiger partial charge in [-0.1, -0.05) is 65.8 Å². The Morgan fingerprint density at radius 2 is 1.64 bits per heavy atom. The van der Waals surface area contributed by atoms with Crippen molar-refractivity contribution in [2.75, 3.05) is 25.0 Å². The molecule has 0 aliphatic carbocycles. The van der Waals surface area contributed by atoms with Crippen molar-refractivity contribution >= 4 is 17.8 Å². The summed E-state index contributed by atoms with van der Waals surface area (Å²) in [6.07, 6.45) is 2.08. The summed E-state index contributed by atoms with van der Waals surface area (Å²) in [5.74, 6) is 1.11. The molecule has 1 aromatic heterocycles. The average molecular weight is 447 g/mol. The minimum Gasteiger partial charge on any atom is -0.360 e. The number of anilines is 1. The van der Waals surface area contributed by atoms with Crippen LogP contribution in [0.15, 0.2) is 71.3 Å². The number of carbonyl (C=O) groups excluding carboxylic acids is 2. The Bertz CT molecular complexity index is 1000. The molecule has 0 unspecified atom stereocenters. The van der Waals surface area contributed by atoms with Crippen LogP contribution in [0.2, 0.25) is 0 Å². The second-order valence-electron chi connectivity index (χ2n) is 8.47. The van der Waals surface area contributed by atoms with E-state index in [2.05, 4.69) is 40.1 Å². The number of hydrogen-bond donors (Lipinski definition) is 2. The van der Waals surface area contributed by atoms with E-state index in [0.29, 0.717) is 44.1 Å². The van der Waals surface area contributed by atoms with E-state index >= 15 is 0 Å². The molecule has 0 atom stereocenters. The summed E-state index contributed by atoms with van der Waals surface area (Å²) in [7, 11) is 0. The number of hydrogen-bond acceptors (Lipinski definition) is 4. The lowest BCUT2D eigenvalue weighted by molar-refractivity contribution is -0.121. The standard InChI is InChI=1S/C26H30N4O3/c1-19-18-24(29-33-19)28-25(31)22-13-16-30(17-14-22)26(32)27-15-12-23(20-8-4-2-5-9-20)21-10-6-3-7-11-21/h2-11,18,22-23H,12-17H2,1H3,(H,27,32)(H,28,29,31). The van der Waals surface area contributed by atoms with Crippen LogP contribution in [-0.2, 0) is 4.79 Å². The number of aryl methyl sites for hydroxylation is 1. The van der Waals surface area contributed by atoms with E-state index < -0.39 is 0 Å². The molecule has 4 rings (SSSR count). The molecule has 172 valence electrons. The maximum Gasteiger partial charge on any atom is 0.317 e. The van der Waals surface area contributed by atoms with Gasteiger partial charge in [-0.05, 0) is 37.3 Å². The first-order valence-electron chi connectivity index (χ1n) is 11.5. The van der Waals surface area contributed by atoms with Crippen molar-refractivity contribution in [3.63, 3.8) is 0 Å². The minimum atomic E-state index is -0.133. The third-order valence-corrected chi connectivity index (χ3v) is 6.15. The van der Waals surface area contributed by atoms with Gasteiger partial charge in [0.2, 0.25) is 5.91 Å². The lowest BCUT2D eigenvalue weighted by Gasteiger charge is -2.31. The fourth-order valence-electron chi connectivity index (χ4n) is 4.33. The molecule has 1 aliphatic rings. The van der Waals surface area contributed by atoms with Gasteiger partial charge in [-0.25, -0.2) is 4.79 Å². The summed E-state index contributed by atoms with van der Waals surface area (Å²) in [6, 6.07) is 22.4. The van der Waals surface area contributed by atoms with E-state index in [0.717, 1.165) is 6.42 Å². The minimum absolute atomic E-state index is 0.0687. The van der Waals surface area contributed by atoms with Crippen LogP contribution in [0.25, 0.3) is 0 Å². The van der Waals surface area contributed by atoms with Crippen molar-refractivity contribution in [1.82, 2.24) is 15.4 Å². The summed E-state index contributed by atoms with van der Waals surface area (Å²) in [6.45, 7) is 3.48. The Morgan fingerprint density at radius 3 is 2.18 bits per heavy atom. The molecule has 1 aliphatic heterocycles. The van der Waals surface area contributed by atoms with Crippen LogP contribution in [0.4, 0.5) is 10.6 Å². The average Bonchev–Trinajstić information content (AvgIpc) is 3.27. The van der Waals surface area contributed by atoms with E-state index in [9.17, 15) is 9.59 Å². The lowest BCUT2D eigenvalue weighted by atomic mass is 9.88. The number of urea groups is 1. The van der Waals surface area contributed by atoms with Gasteiger partial charge < -0.3 is 20.1 Å². The zero-order valence-electron chi connectivity index (χ0n) is 18.9. The maximum atomic E-state index is 12.7. The zero-order chi connectivity index (χ0) is 23.0. The largest absolute Gasteiger partial charge is 0.360 e. The molecule has 2 N–H and O–H groups in total. The second-order valence-corrected chi connectivity index (χ2v) is 8.47. The highest BCUT2D eigenvalue weighted by molar-refractivity contribution is 5.91. The Hall–Kier alpha value is -3.61. The van der Waals surface area contributed by atoms with Crippen LogP contribution in [0, 0.1) is 12.8 Å². The van der Waals surface area contributed by atoms with E-state index in [1.165, 1.54) is 11.1 Å². The Kier molecular flexibility index (Phi) is 7.40. The highest BCUT2D eigenvalue weighted by Crippen LogP contribution is 2.27. The van der Waals surface area contributed by atoms with Crippen LogP contribution < -0.4 is 10.6 Å². The van der Waals surface area contributed by atoms with Crippen molar-refractivity contribution in [3.8, 4) is 0 Å². The van der Waals surface area contributed by atoms with Gasteiger partial charge in [0.15, 0.2) is 5.82 Å². The molecule has 2 aromatic carbocycles. The van der Waals surface area contributed by atoms with Crippen LogP contribution in [0.5, 0.6) is 0 Å². The van der Waals surface area contributed by atoms with Crippen molar-refractivity contribution < 1.29 is 14.1 Å². The number of likely N-dealkylation sites (tertiary alicyclic amines) is 1. The summed E-state index contributed by atoms with van der Waals surface area (Å²) < 4.78 is 4.99. The molecular formula is C26H30N4O3. The van der Waals surface area contributed by atoms with Gasteiger partial charge in [-0.15, -0.1) is 0 Å². The van der Waals surface area contributed by atoms with Crippen LogP contribution >= 0.6 is 0 Å². The molecule has 2 heterocycles. The van der Waals surface area contributed by atoms with Gasteiger partial charge in [0.1, 0.15) is 5.76 Å². The van der Waals surface area contributed by atoms with Crippen LogP contribution in [0.3, 0.4) is 0 Å². The summed E-state index contributed by atoms with van der Waals surface area (Å²) in [4.78, 5) is 27.0. The van der Waals surface area contributed by atoms with Crippen molar-refractivity contribution in [1.29, 1.82) is 0 Å². The molecular weight excluding hydrogens is 416 g/mol. The van der Waals surface area contributed by atoms with Gasteiger partial charge in [0.05, 0.1) is 0 Å². The number of nitrogens with zero attached hydrogens (tertiary/aromatic N) is 2. The number of piperidine rings is 1. The first-order valence-corrected chi connectivity index (χ1v) is 11.5. The number of carbonyl (C=O) groups is 2. The van der Waals surface area contributed by atoms with Crippen molar-refractivity contribution in [2.45, 2.75) is 32.1 Å². The smallest absolute Gasteiger partial charge is 0.317 e. The molecule has 0 bridgehead atoms. The molecule has 7 nitrogen and oxygen atoms in total. The van der Waals surface area contributed by atoms with Gasteiger partial charge in [0, 0.05) is 37.5 Å². The topological polar surface area (TPSA) is 87.5 Å². The first kappa shape index (κ1) is 22.6. The molecule has 1 saturated heterocycles. The SMILES string of the molecule is Cc1cc(NC(=O)C2CCN(C(=O)NCCC(c3ccccc3)c3ccccc3)CC2)no1. The highest BCUT2D eigenvalue weighted by Gasteiger charge is 2.28. The summed E-state index contributed by atoms with van der Waals surface area (Å²) >= 11 is 0. The van der Waals surface area contributed by atoms with Crippen molar-refractivity contribution in [2.24, 2.45) is 5.92 Å². The van der Waals surface area contributed by atoms with E-state index in [4.69, 9.17) is 4.52 Å². The summed E-state index contributed by atoms with van der Waals surface area (Å²) in [5.41, 5.74) is 2.49. The summed E-state index contributed by atoms with van der Waals surface area (Å²) in [5, 5.41) is 9.67. The van der Waals surface area contributed by atoms with E-state index in [-0.39, 0.29) is 23.8 Å². The number of nitrogens with one attached hydrogen (secondary N) is 2. The normalized spacial score (nSPS) is 14.3. The Labute approximate surface area is 194 Å². The Morgan fingerprint density at radius 1 is 1.03 bits per heavy atom. The number of aromatic nitrogens is 1. The fraction of sp³-hybridized carbons (Fsp3) is 0.346. The molecule has 1 fully saturated rings. The third-order valence-electron chi connectivity index (χ3n) is 6.15.